The normalized spacial score (nSPS) is 10.7. The molecule has 0 aliphatic carbocycles. The summed E-state index contributed by atoms with van der Waals surface area (Å²) >= 11 is 0. The van der Waals surface area contributed by atoms with Gasteiger partial charge in [0.05, 0.1) is 16.1 Å². The van der Waals surface area contributed by atoms with Crippen molar-refractivity contribution in [1.29, 1.82) is 0 Å². The Hall–Kier alpha value is -4.20. The number of nitrogens with zero attached hydrogens (tertiary/aromatic N) is 1. The van der Waals surface area contributed by atoms with E-state index in [-0.39, 0.29) is 28.1 Å². The first kappa shape index (κ1) is 20.5. The van der Waals surface area contributed by atoms with Crippen LogP contribution >= 0.6 is 0 Å². The van der Waals surface area contributed by atoms with E-state index >= 15 is 0 Å². The van der Waals surface area contributed by atoms with Gasteiger partial charge >= 0.3 is 5.97 Å². The molecule has 0 aromatic heterocycles. The molecular weight excluding hydrogens is 396 g/mol. The van der Waals surface area contributed by atoms with Crippen molar-refractivity contribution in [2.75, 3.05) is 0 Å². The zero-order valence-corrected chi connectivity index (χ0v) is 15.2. The summed E-state index contributed by atoms with van der Waals surface area (Å²) in [5.74, 6) is -3.06. The van der Waals surface area contributed by atoms with Gasteiger partial charge in [0.25, 0.3) is 5.69 Å². The van der Waals surface area contributed by atoms with Crippen LogP contribution in [0.15, 0.2) is 72.8 Å². The molecule has 0 saturated heterocycles. The minimum absolute atomic E-state index is 0.00484. The lowest BCUT2D eigenvalue weighted by Gasteiger charge is -2.08. The van der Waals surface area contributed by atoms with E-state index in [1.807, 2.05) is 0 Å². The van der Waals surface area contributed by atoms with Gasteiger partial charge in [-0.2, -0.15) is 0 Å². The SMILES string of the molecule is O=C(Oc1ccc(F)cc1C(=O)/C=C/c1ccccc1F)c1ccc([N+](=O)[O-])cc1. The maximum Gasteiger partial charge on any atom is 0.343 e. The maximum atomic E-state index is 13.7. The number of nitro benzene ring substituents is 1. The molecular formula is C22H13F2NO5. The van der Waals surface area contributed by atoms with Gasteiger partial charge in [-0.25, -0.2) is 13.6 Å². The van der Waals surface area contributed by atoms with E-state index in [1.165, 1.54) is 36.4 Å². The molecule has 0 bridgehead atoms. The standard InChI is InChI=1S/C22H13F2NO5/c23-16-8-12-21(30-22(27)15-5-9-17(10-6-15)25(28)29)18(13-16)20(26)11-7-14-3-1-2-4-19(14)24/h1-13H/b11-7+. The Morgan fingerprint density at radius 2 is 1.67 bits per heavy atom. The number of carbonyl (C=O) groups excluding carboxylic acids is 2. The van der Waals surface area contributed by atoms with Crippen LogP contribution in [-0.2, 0) is 0 Å². The van der Waals surface area contributed by atoms with Crippen molar-refractivity contribution >= 4 is 23.5 Å². The molecule has 0 aliphatic rings. The lowest BCUT2D eigenvalue weighted by Crippen LogP contribution is -2.11. The summed E-state index contributed by atoms with van der Waals surface area (Å²) in [6.45, 7) is 0. The molecule has 0 radical (unpaired) electrons. The van der Waals surface area contributed by atoms with Crippen LogP contribution in [0.5, 0.6) is 5.75 Å². The molecule has 3 rings (SSSR count). The first-order chi connectivity index (χ1) is 14.3. The van der Waals surface area contributed by atoms with E-state index in [0.29, 0.717) is 0 Å². The third kappa shape index (κ3) is 4.79. The monoisotopic (exact) mass is 409 g/mol. The molecule has 0 atom stereocenters. The highest BCUT2D eigenvalue weighted by Crippen LogP contribution is 2.23. The maximum absolute atomic E-state index is 13.7. The van der Waals surface area contributed by atoms with Gasteiger partial charge in [0, 0.05) is 17.7 Å². The minimum atomic E-state index is -0.886. The molecule has 0 aliphatic heterocycles. The second-order valence-electron chi connectivity index (χ2n) is 6.05. The molecule has 3 aromatic rings. The van der Waals surface area contributed by atoms with E-state index in [9.17, 15) is 28.5 Å². The average molecular weight is 409 g/mol. The Labute approximate surface area is 169 Å². The number of esters is 1. The summed E-state index contributed by atoms with van der Waals surface area (Å²) in [7, 11) is 0. The zero-order chi connectivity index (χ0) is 21.7. The molecule has 0 N–H and O–H groups in total. The van der Waals surface area contributed by atoms with Crippen LogP contribution in [0.2, 0.25) is 0 Å². The first-order valence-electron chi connectivity index (χ1n) is 8.58. The smallest absolute Gasteiger partial charge is 0.343 e. The van der Waals surface area contributed by atoms with E-state index in [0.717, 1.165) is 36.4 Å². The molecule has 0 fully saturated rings. The molecule has 0 saturated carbocycles. The summed E-state index contributed by atoms with van der Waals surface area (Å²) < 4.78 is 32.5. The predicted molar refractivity (Wildman–Crippen MR) is 104 cm³/mol. The third-order valence-electron chi connectivity index (χ3n) is 4.04. The van der Waals surface area contributed by atoms with Crippen LogP contribution in [0.3, 0.4) is 0 Å². The van der Waals surface area contributed by atoms with Gasteiger partial charge in [0.15, 0.2) is 5.78 Å². The fraction of sp³-hybridized carbons (Fsp3) is 0. The molecule has 30 heavy (non-hydrogen) atoms. The number of hydrogen-bond donors (Lipinski definition) is 0. The van der Waals surface area contributed by atoms with Gasteiger partial charge in [0.2, 0.25) is 0 Å². The van der Waals surface area contributed by atoms with Crippen molar-refractivity contribution in [2.45, 2.75) is 0 Å². The van der Waals surface area contributed by atoms with Gasteiger partial charge < -0.3 is 4.74 Å². The second-order valence-corrected chi connectivity index (χ2v) is 6.05. The number of hydrogen-bond acceptors (Lipinski definition) is 5. The summed E-state index contributed by atoms with van der Waals surface area (Å²) in [4.78, 5) is 34.9. The van der Waals surface area contributed by atoms with E-state index in [2.05, 4.69) is 0 Å². The van der Waals surface area contributed by atoms with Crippen LogP contribution in [0.4, 0.5) is 14.5 Å². The van der Waals surface area contributed by atoms with Crippen LogP contribution in [0, 0.1) is 21.7 Å². The van der Waals surface area contributed by atoms with E-state index < -0.39 is 28.3 Å². The lowest BCUT2D eigenvalue weighted by molar-refractivity contribution is -0.384. The first-order valence-corrected chi connectivity index (χ1v) is 8.58. The van der Waals surface area contributed by atoms with E-state index in [1.54, 1.807) is 6.07 Å². The van der Waals surface area contributed by atoms with Crippen molar-refractivity contribution in [1.82, 2.24) is 0 Å². The highest BCUT2D eigenvalue weighted by Gasteiger charge is 2.17. The Morgan fingerprint density at radius 1 is 0.967 bits per heavy atom. The predicted octanol–water partition coefficient (Wildman–Crippen LogP) is 4.99. The zero-order valence-electron chi connectivity index (χ0n) is 15.2. The van der Waals surface area contributed by atoms with Crippen molar-refractivity contribution in [3.8, 4) is 5.75 Å². The highest BCUT2D eigenvalue weighted by atomic mass is 19.1. The minimum Gasteiger partial charge on any atom is -0.422 e. The van der Waals surface area contributed by atoms with Gasteiger partial charge in [0.1, 0.15) is 17.4 Å². The molecule has 3 aromatic carbocycles. The Balaban J connectivity index is 1.84. The Morgan fingerprint density at radius 3 is 2.33 bits per heavy atom. The van der Waals surface area contributed by atoms with E-state index in [4.69, 9.17) is 4.74 Å². The van der Waals surface area contributed by atoms with Crippen molar-refractivity contribution in [2.24, 2.45) is 0 Å². The molecule has 8 heteroatoms. The molecule has 0 amide bonds. The summed E-state index contributed by atoms with van der Waals surface area (Å²) in [6, 6.07) is 13.4. The van der Waals surface area contributed by atoms with Crippen LogP contribution in [0.25, 0.3) is 6.08 Å². The number of ether oxygens (including phenoxy) is 1. The van der Waals surface area contributed by atoms with Crippen LogP contribution in [-0.4, -0.2) is 16.7 Å². The molecule has 6 nitrogen and oxygen atoms in total. The number of non-ortho nitro benzene ring substituents is 1. The summed E-state index contributed by atoms with van der Waals surface area (Å²) in [6.07, 6.45) is 2.26. The van der Waals surface area contributed by atoms with Gasteiger partial charge in [-0.1, -0.05) is 18.2 Å². The van der Waals surface area contributed by atoms with Crippen LogP contribution in [0.1, 0.15) is 26.3 Å². The van der Waals surface area contributed by atoms with Crippen molar-refractivity contribution in [3.63, 3.8) is 0 Å². The molecule has 0 unspecified atom stereocenters. The molecule has 150 valence electrons. The number of rotatable bonds is 6. The number of benzene rings is 3. The van der Waals surface area contributed by atoms with Gasteiger partial charge in [-0.15, -0.1) is 0 Å². The molecule has 0 spiro atoms. The van der Waals surface area contributed by atoms with Gasteiger partial charge in [-0.3, -0.25) is 14.9 Å². The van der Waals surface area contributed by atoms with Gasteiger partial charge in [-0.05, 0) is 48.6 Å². The topological polar surface area (TPSA) is 86.5 Å². The number of ketones is 1. The number of nitro groups is 1. The number of allylic oxidation sites excluding steroid dienone is 1. The lowest BCUT2D eigenvalue weighted by atomic mass is 10.1. The van der Waals surface area contributed by atoms with Crippen molar-refractivity contribution in [3.05, 3.63) is 111 Å². The fourth-order valence-corrected chi connectivity index (χ4v) is 2.53. The quantitative estimate of drug-likeness (QED) is 0.143. The third-order valence-corrected chi connectivity index (χ3v) is 4.04. The number of carbonyl (C=O) groups is 2. The summed E-state index contributed by atoms with van der Waals surface area (Å²) in [5.41, 5.74) is -0.280. The van der Waals surface area contributed by atoms with Crippen LogP contribution < -0.4 is 4.74 Å². The second kappa shape index (κ2) is 8.87. The number of halogens is 2. The van der Waals surface area contributed by atoms with Crippen molar-refractivity contribution < 1.29 is 28.0 Å². The molecule has 0 heterocycles. The average Bonchev–Trinajstić information content (AvgIpc) is 2.74. The fourth-order valence-electron chi connectivity index (χ4n) is 2.53. The summed E-state index contributed by atoms with van der Waals surface area (Å²) in [5, 5.41) is 10.7. The Kier molecular flexibility index (Phi) is 6.07. The highest BCUT2D eigenvalue weighted by molar-refractivity contribution is 6.09. The Bertz CT molecular complexity index is 1160. The largest absolute Gasteiger partial charge is 0.422 e.